The first-order chi connectivity index (χ1) is 13.8. The van der Waals surface area contributed by atoms with Crippen molar-refractivity contribution >= 4 is 29.1 Å². The zero-order valence-electron chi connectivity index (χ0n) is 16.5. The van der Waals surface area contributed by atoms with Crippen molar-refractivity contribution in [3.8, 4) is 0 Å². The number of thiocarbonyl (C=S) groups is 1. The van der Waals surface area contributed by atoms with Crippen LogP contribution in [-0.4, -0.2) is 67.0 Å². The van der Waals surface area contributed by atoms with Crippen LogP contribution in [0.4, 0.5) is 23.7 Å². The van der Waals surface area contributed by atoms with Crippen molar-refractivity contribution in [3.05, 3.63) is 29.8 Å². The lowest BCUT2D eigenvalue weighted by molar-refractivity contribution is -0.137. The van der Waals surface area contributed by atoms with Crippen molar-refractivity contribution in [2.24, 2.45) is 0 Å². The maximum atomic E-state index is 12.9. The number of rotatable bonds is 6. The lowest BCUT2D eigenvalue weighted by Crippen LogP contribution is -2.50. The topological polar surface area (TPSA) is 54.0 Å². The van der Waals surface area contributed by atoms with Gasteiger partial charge in [-0.05, 0) is 50.2 Å². The molecule has 1 aromatic carbocycles. The second-order valence-corrected chi connectivity index (χ2v) is 7.00. The largest absolute Gasteiger partial charge is 0.450 e. The quantitative estimate of drug-likeness (QED) is 0.686. The van der Waals surface area contributed by atoms with Gasteiger partial charge in [-0.15, -0.1) is 0 Å². The molecule has 1 heterocycles. The van der Waals surface area contributed by atoms with Crippen molar-refractivity contribution in [1.29, 1.82) is 0 Å². The smallest absolute Gasteiger partial charge is 0.416 e. The zero-order valence-corrected chi connectivity index (χ0v) is 17.3. The number of halogens is 3. The minimum absolute atomic E-state index is 0.0432. The van der Waals surface area contributed by atoms with Gasteiger partial charge in [0.15, 0.2) is 5.11 Å². The van der Waals surface area contributed by atoms with Gasteiger partial charge >= 0.3 is 12.3 Å². The number of alkyl halides is 3. The Hall–Kier alpha value is -2.07. The molecule has 1 N–H and O–H groups in total. The van der Waals surface area contributed by atoms with Crippen LogP contribution in [0.3, 0.4) is 0 Å². The van der Waals surface area contributed by atoms with Gasteiger partial charge in [0.2, 0.25) is 0 Å². The van der Waals surface area contributed by atoms with E-state index in [4.69, 9.17) is 21.7 Å². The predicted molar refractivity (Wildman–Crippen MR) is 108 cm³/mol. The SMILES string of the molecule is CCOC(=O)N1CCC(N(CCOC)C(=S)Nc2cccc(C(F)(F)F)c2)CC1. The molecule has 0 unspecified atom stereocenters. The van der Waals surface area contributed by atoms with Crippen LogP contribution in [0, 0.1) is 0 Å². The summed E-state index contributed by atoms with van der Waals surface area (Å²) in [5.41, 5.74) is -0.465. The molecule has 1 aliphatic rings. The number of piperidine rings is 1. The summed E-state index contributed by atoms with van der Waals surface area (Å²) in [6.07, 6.45) is -3.41. The van der Waals surface area contributed by atoms with Crippen LogP contribution in [0.25, 0.3) is 0 Å². The number of ether oxygens (including phenoxy) is 2. The summed E-state index contributed by atoms with van der Waals surface area (Å²) in [5, 5.41) is 3.24. The minimum atomic E-state index is -4.42. The van der Waals surface area contributed by atoms with Crippen molar-refractivity contribution in [1.82, 2.24) is 9.80 Å². The highest BCUT2D eigenvalue weighted by atomic mass is 32.1. The molecule has 6 nitrogen and oxygen atoms in total. The third-order valence-electron chi connectivity index (χ3n) is 4.67. The average molecular weight is 433 g/mol. The molecule has 29 heavy (non-hydrogen) atoms. The first kappa shape index (κ1) is 23.2. The summed E-state index contributed by atoms with van der Waals surface area (Å²) < 4.78 is 49.0. The molecule has 1 aliphatic heterocycles. The van der Waals surface area contributed by atoms with Gasteiger partial charge in [0, 0.05) is 38.5 Å². The fourth-order valence-corrected chi connectivity index (χ4v) is 3.54. The number of hydrogen-bond donors (Lipinski definition) is 1. The molecular formula is C19H26F3N3O3S. The van der Waals surface area contributed by atoms with Gasteiger partial charge in [-0.1, -0.05) is 6.07 Å². The molecule has 0 bridgehead atoms. The second kappa shape index (κ2) is 10.6. The van der Waals surface area contributed by atoms with Crippen molar-refractivity contribution in [3.63, 3.8) is 0 Å². The van der Waals surface area contributed by atoms with Gasteiger partial charge in [0.05, 0.1) is 18.8 Å². The van der Waals surface area contributed by atoms with Crippen LogP contribution in [0.2, 0.25) is 0 Å². The standard InChI is InChI=1S/C19H26F3N3O3S/c1-3-28-18(26)24-9-7-16(8-10-24)25(11-12-27-2)17(29)23-15-6-4-5-14(13-15)19(20,21)22/h4-6,13,16H,3,7-12H2,1-2H3,(H,23,29). The number of nitrogens with zero attached hydrogens (tertiary/aromatic N) is 2. The van der Waals surface area contributed by atoms with Gasteiger partial charge in [0.25, 0.3) is 0 Å². The Morgan fingerprint density at radius 1 is 1.34 bits per heavy atom. The lowest BCUT2D eigenvalue weighted by Gasteiger charge is -2.39. The Bertz CT molecular complexity index is 695. The van der Waals surface area contributed by atoms with Crippen LogP contribution in [0.1, 0.15) is 25.3 Å². The maximum absolute atomic E-state index is 12.9. The summed E-state index contributed by atoms with van der Waals surface area (Å²) in [5.74, 6) is 0. The van der Waals surface area contributed by atoms with Gasteiger partial charge in [0.1, 0.15) is 0 Å². The van der Waals surface area contributed by atoms with Crippen LogP contribution >= 0.6 is 12.2 Å². The summed E-state index contributed by atoms with van der Waals surface area (Å²) in [7, 11) is 1.57. The Morgan fingerprint density at radius 3 is 2.62 bits per heavy atom. The van der Waals surface area contributed by atoms with E-state index in [0.29, 0.717) is 50.8 Å². The first-order valence-corrected chi connectivity index (χ1v) is 9.82. The molecule has 2 rings (SSSR count). The second-order valence-electron chi connectivity index (χ2n) is 6.61. The van der Waals surface area contributed by atoms with E-state index in [1.807, 2.05) is 4.90 Å². The zero-order chi connectivity index (χ0) is 21.4. The van der Waals surface area contributed by atoms with Crippen molar-refractivity contribution < 1.29 is 27.4 Å². The number of benzene rings is 1. The van der Waals surface area contributed by atoms with Gasteiger partial charge in [-0.2, -0.15) is 13.2 Å². The first-order valence-electron chi connectivity index (χ1n) is 9.41. The van der Waals surface area contributed by atoms with Gasteiger partial charge in [-0.3, -0.25) is 0 Å². The minimum Gasteiger partial charge on any atom is -0.450 e. The van der Waals surface area contributed by atoms with E-state index in [2.05, 4.69) is 5.32 Å². The highest BCUT2D eigenvalue weighted by Crippen LogP contribution is 2.31. The molecule has 1 fully saturated rings. The summed E-state index contributed by atoms with van der Waals surface area (Å²) >= 11 is 5.48. The number of carbonyl (C=O) groups is 1. The molecule has 0 spiro atoms. The van der Waals surface area contributed by atoms with Crippen molar-refractivity contribution in [2.75, 3.05) is 45.3 Å². The van der Waals surface area contributed by atoms with Gasteiger partial charge in [-0.25, -0.2) is 4.79 Å². The van der Waals surface area contributed by atoms with E-state index in [-0.39, 0.29) is 17.8 Å². The molecule has 0 aromatic heterocycles. The Morgan fingerprint density at radius 2 is 2.03 bits per heavy atom. The van der Waals surface area contributed by atoms with Crippen LogP contribution in [0.5, 0.6) is 0 Å². The molecule has 1 saturated heterocycles. The van der Waals surface area contributed by atoms with E-state index in [0.717, 1.165) is 12.1 Å². The number of carbonyl (C=O) groups excluding carboxylic acids is 1. The van der Waals surface area contributed by atoms with E-state index < -0.39 is 11.7 Å². The average Bonchev–Trinajstić information content (AvgIpc) is 2.68. The van der Waals surface area contributed by atoms with Crippen LogP contribution in [-0.2, 0) is 15.7 Å². The van der Waals surface area contributed by atoms with Gasteiger partial charge < -0.3 is 24.6 Å². The summed E-state index contributed by atoms with van der Waals surface area (Å²) in [4.78, 5) is 15.4. The number of nitrogens with one attached hydrogen (secondary N) is 1. The van der Waals surface area contributed by atoms with E-state index >= 15 is 0 Å². The van der Waals surface area contributed by atoms with E-state index in [1.54, 1.807) is 25.0 Å². The molecule has 0 atom stereocenters. The van der Waals surface area contributed by atoms with Crippen LogP contribution in [0.15, 0.2) is 24.3 Å². The Kier molecular flexibility index (Phi) is 8.51. The Balaban J connectivity index is 2.04. The van der Waals surface area contributed by atoms with E-state index in [1.165, 1.54) is 6.07 Å². The monoisotopic (exact) mass is 433 g/mol. The third kappa shape index (κ3) is 6.74. The fourth-order valence-electron chi connectivity index (χ4n) is 3.18. The van der Waals surface area contributed by atoms with Crippen molar-refractivity contribution in [2.45, 2.75) is 32.0 Å². The molecule has 1 aromatic rings. The van der Waals surface area contributed by atoms with Crippen LogP contribution < -0.4 is 5.32 Å². The Labute approximate surface area is 173 Å². The highest BCUT2D eigenvalue weighted by molar-refractivity contribution is 7.80. The number of likely N-dealkylation sites (tertiary alicyclic amines) is 1. The number of anilines is 1. The number of amides is 1. The maximum Gasteiger partial charge on any atom is 0.416 e. The molecule has 0 saturated carbocycles. The molecule has 1 amide bonds. The number of methoxy groups -OCH3 is 1. The predicted octanol–water partition coefficient (Wildman–Crippen LogP) is 3.97. The fraction of sp³-hybridized carbons (Fsp3) is 0.579. The third-order valence-corrected chi connectivity index (χ3v) is 5.01. The van der Waals surface area contributed by atoms with E-state index in [9.17, 15) is 18.0 Å². The summed E-state index contributed by atoms with van der Waals surface area (Å²) in [6.45, 7) is 4.05. The number of hydrogen-bond acceptors (Lipinski definition) is 4. The molecule has 162 valence electrons. The molecule has 10 heteroatoms. The molecule has 0 radical (unpaired) electrons. The normalized spacial score (nSPS) is 15.1. The lowest BCUT2D eigenvalue weighted by atomic mass is 10.0. The summed E-state index contributed by atoms with van der Waals surface area (Å²) in [6, 6.07) is 4.97. The highest BCUT2D eigenvalue weighted by Gasteiger charge is 2.31. The molecule has 0 aliphatic carbocycles. The molecular weight excluding hydrogens is 407 g/mol.